The van der Waals surface area contributed by atoms with Crippen LogP contribution < -0.4 is 5.43 Å². The number of carbonyl (C=O) groups excluding carboxylic acids is 1. The molecule has 180 valence electrons. The van der Waals surface area contributed by atoms with Gasteiger partial charge in [-0.15, -0.1) is 0 Å². The third-order valence-corrected chi connectivity index (χ3v) is 6.90. The smallest absolute Gasteiger partial charge is 0.267 e. The summed E-state index contributed by atoms with van der Waals surface area (Å²) in [6.45, 7) is 2.03. The highest BCUT2D eigenvalue weighted by molar-refractivity contribution is 7.89. The molecule has 0 spiro atoms. The molecular weight excluding hydrogens is 468 g/mol. The molecule has 10 heteroatoms. The van der Waals surface area contributed by atoms with Crippen LogP contribution in [0.15, 0.2) is 88.9 Å². The summed E-state index contributed by atoms with van der Waals surface area (Å²) < 4.78 is 26.7. The number of allylic oxidation sites excluding steroid dienone is 1. The fraction of sp³-hybridized carbons (Fsp3) is 0.120. The lowest BCUT2D eigenvalue weighted by Crippen LogP contribution is -2.26. The zero-order valence-electron chi connectivity index (χ0n) is 19.2. The Kier molecular flexibility index (Phi) is 8.24. The number of aryl methyl sites for hydroxylation is 1. The van der Waals surface area contributed by atoms with E-state index in [0.29, 0.717) is 11.1 Å². The van der Waals surface area contributed by atoms with Gasteiger partial charge in [0.2, 0.25) is 10.0 Å². The monoisotopic (exact) mass is 492 g/mol. The topological polar surface area (TPSA) is 122 Å². The number of benzene rings is 3. The molecule has 1 N–H and O–H groups in total. The number of hydrogen-bond donors (Lipinski definition) is 1. The van der Waals surface area contributed by atoms with Crippen LogP contribution in [-0.4, -0.2) is 36.8 Å². The van der Waals surface area contributed by atoms with Gasteiger partial charge in [-0.2, -0.15) is 9.41 Å². The lowest BCUT2D eigenvalue weighted by atomic mass is 10.1. The zero-order valence-corrected chi connectivity index (χ0v) is 20.0. The van der Waals surface area contributed by atoms with Gasteiger partial charge < -0.3 is 0 Å². The molecular formula is C25H24N4O5S. The highest BCUT2D eigenvalue weighted by Crippen LogP contribution is 2.19. The second kappa shape index (κ2) is 11.3. The van der Waals surface area contributed by atoms with Gasteiger partial charge in [0.25, 0.3) is 11.6 Å². The molecule has 0 saturated carbocycles. The van der Waals surface area contributed by atoms with Crippen molar-refractivity contribution in [3.05, 3.63) is 111 Å². The molecule has 1 amide bonds. The van der Waals surface area contributed by atoms with Gasteiger partial charge in [0.15, 0.2) is 0 Å². The quantitative estimate of drug-likeness (QED) is 0.273. The molecule has 0 atom stereocenters. The van der Waals surface area contributed by atoms with Gasteiger partial charge in [-0.05, 0) is 55.0 Å². The maximum Gasteiger partial charge on any atom is 0.276 e. The second-order valence-electron chi connectivity index (χ2n) is 7.67. The predicted octanol–water partition coefficient (Wildman–Crippen LogP) is 4.15. The van der Waals surface area contributed by atoms with Gasteiger partial charge in [0.05, 0.1) is 15.4 Å². The number of carbonyl (C=O) groups is 1. The summed E-state index contributed by atoms with van der Waals surface area (Å²) in [6, 6.07) is 19.4. The lowest BCUT2D eigenvalue weighted by Gasteiger charge is -2.17. The van der Waals surface area contributed by atoms with Crippen molar-refractivity contribution in [1.82, 2.24) is 9.73 Å². The van der Waals surface area contributed by atoms with Crippen LogP contribution >= 0.6 is 0 Å². The predicted molar refractivity (Wildman–Crippen MR) is 134 cm³/mol. The Hall–Kier alpha value is -4.15. The number of nitrogens with one attached hydrogen (secondary N) is 1. The molecule has 0 radical (unpaired) electrons. The van der Waals surface area contributed by atoms with Crippen molar-refractivity contribution < 1.29 is 18.1 Å². The van der Waals surface area contributed by atoms with E-state index in [2.05, 4.69) is 10.5 Å². The highest BCUT2D eigenvalue weighted by Gasteiger charge is 2.20. The summed E-state index contributed by atoms with van der Waals surface area (Å²) >= 11 is 0. The van der Waals surface area contributed by atoms with Crippen LogP contribution in [0.25, 0.3) is 6.08 Å². The molecule has 3 rings (SSSR count). The zero-order chi connectivity index (χ0) is 25.4. The van der Waals surface area contributed by atoms with Crippen LogP contribution in [0, 0.1) is 17.0 Å². The first kappa shape index (κ1) is 25.5. The molecule has 35 heavy (non-hydrogen) atoms. The fourth-order valence-electron chi connectivity index (χ4n) is 3.14. The van der Waals surface area contributed by atoms with Crippen LogP contribution in [0.3, 0.4) is 0 Å². The SMILES string of the molecule is Cc1ccc(S(=O)(=O)N(C)Cc2ccc(C(=O)NN=CC=Cc3ccccc3[N+](=O)[O-])cc2)cc1. The standard InChI is InChI=1S/C25H24N4O5S/c1-19-9-15-23(16-10-19)35(33,34)28(2)18-20-11-13-22(14-12-20)25(30)27-26-17-5-7-21-6-3-4-8-24(21)29(31)32/h3-17H,18H2,1-2H3,(H,27,30). The van der Waals surface area contributed by atoms with Crippen LogP contribution in [0.5, 0.6) is 0 Å². The molecule has 3 aromatic rings. The molecule has 0 aliphatic rings. The molecule has 3 aromatic carbocycles. The normalized spacial score (nSPS) is 11.9. The van der Waals surface area contributed by atoms with Gasteiger partial charge in [-0.1, -0.05) is 42.0 Å². The van der Waals surface area contributed by atoms with Crippen molar-refractivity contribution in [1.29, 1.82) is 0 Å². The van der Waals surface area contributed by atoms with E-state index in [0.717, 1.165) is 11.1 Å². The van der Waals surface area contributed by atoms with Gasteiger partial charge in [-0.3, -0.25) is 14.9 Å². The largest absolute Gasteiger partial charge is 0.276 e. The Morgan fingerprint density at radius 2 is 1.71 bits per heavy atom. The van der Waals surface area contributed by atoms with Gasteiger partial charge in [0, 0.05) is 31.4 Å². The number of hydrogen-bond acceptors (Lipinski definition) is 6. The fourth-order valence-corrected chi connectivity index (χ4v) is 4.30. The molecule has 0 saturated heterocycles. The van der Waals surface area contributed by atoms with E-state index in [4.69, 9.17) is 0 Å². The van der Waals surface area contributed by atoms with E-state index in [9.17, 15) is 23.3 Å². The van der Waals surface area contributed by atoms with Crippen LogP contribution in [0.4, 0.5) is 5.69 Å². The number of nitro groups is 1. The Morgan fingerprint density at radius 3 is 2.37 bits per heavy atom. The van der Waals surface area contributed by atoms with Crippen molar-refractivity contribution in [2.24, 2.45) is 5.10 Å². The van der Waals surface area contributed by atoms with Gasteiger partial charge >= 0.3 is 0 Å². The van der Waals surface area contributed by atoms with Crippen LogP contribution in [0.1, 0.15) is 27.0 Å². The number of nitrogens with zero attached hydrogens (tertiary/aromatic N) is 3. The summed E-state index contributed by atoms with van der Waals surface area (Å²) in [5, 5.41) is 14.8. The van der Waals surface area contributed by atoms with Gasteiger partial charge in [0.1, 0.15) is 0 Å². The molecule has 0 aliphatic heterocycles. The van der Waals surface area contributed by atoms with Crippen LogP contribution in [0.2, 0.25) is 0 Å². The minimum absolute atomic E-state index is 0.0291. The Morgan fingerprint density at radius 1 is 1.06 bits per heavy atom. The third-order valence-electron chi connectivity index (χ3n) is 5.09. The highest BCUT2D eigenvalue weighted by atomic mass is 32.2. The van der Waals surface area contributed by atoms with Crippen molar-refractivity contribution in [2.75, 3.05) is 7.05 Å². The van der Waals surface area contributed by atoms with Crippen molar-refractivity contribution in [2.45, 2.75) is 18.4 Å². The van der Waals surface area contributed by atoms with Crippen molar-refractivity contribution in [3.63, 3.8) is 0 Å². The van der Waals surface area contributed by atoms with Crippen molar-refractivity contribution in [3.8, 4) is 0 Å². The molecule has 0 fully saturated rings. The van der Waals surface area contributed by atoms with E-state index in [-0.39, 0.29) is 17.1 Å². The van der Waals surface area contributed by atoms with E-state index < -0.39 is 20.9 Å². The summed E-state index contributed by atoms with van der Waals surface area (Å²) in [5.74, 6) is -0.451. The van der Waals surface area contributed by atoms with E-state index >= 15 is 0 Å². The Bertz CT molecular complexity index is 1370. The first-order chi connectivity index (χ1) is 16.7. The average molecular weight is 493 g/mol. The van der Waals surface area contributed by atoms with Crippen LogP contribution in [-0.2, 0) is 16.6 Å². The minimum atomic E-state index is -3.63. The van der Waals surface area contributed by atoms with E-state index in [1.807, 2.05) is 6.92 Å². The van der Waals surface area contributed by atoms with E-state index in [1.54, 1.807) is 66.7 Å². The number of para-hydroxylation sites is 1. The lowest BCUT2D eigenvalue weighted by molar-refractivity contribution is -0.385. The molecule has 0 heterocycles. The number of amides is 1. The van der Waals surface area contributed by atoms with E-state index in [1.165, 1.54) is 35.8 Å². The molecule has 0 aliphatic carbocycles. The third kappa shape index (κ3) is 6.69. The number of rotatable bonds is 9. The first-order valence-electron chi connectivity index (χ1n) is 10.5. The number of sulfonamides is 1. The average Bonchev–Trinajstić information content (AvgIpc) is 2.84. The summed E-state index contributed by atoms with van der Waals surface area (Å²) in [6.07, 6.45) is 4.31. The second-order valence-corrected chi connectivity index (χ2v) is 9.71. The Labute approximate surface area is 203 Å². The maximum atomic E-state index is 12.7. The molecule has 0 unspecified atom stereocenters. The van der Waals surface area contributed by atoms with Gasteiger partial charge in [-0.25, -0.2) is 13.8 Å². The summed E-state index contributed by atoms with van der Waals surface area (Å²) in [4.78, 5) is 23.0. The summed E-state index contributed by atoms with van der Waals surface area (Å²) in [7, 11) is -2.13. The first-order valence-corrected chi connectivity index (χ1v) is 12.0. The molecule has 0 aromatic heterocycles. The van der Waals surface area contributed by atoms with Crippen molar-refractivity contribution >= 4 is 33.9 Å². The molecule has 0 bridgehead atoms. The number of nitro benzene ring substituents is 1. The number of hydrazone groups is 1. The summed E-state index contributed by atoms with van der Waals surface area (Å²) in [5.41, 5.74) is 4.80. The maximum absolute atomic E-state index is 12.7. The Balaban J connectivity index is 1.57. The molecule has 9 nitrogen and oxygen atoms in total. The minimum Gasteiger partial charge on any atom is -0.267 e.